The van der Waals surface area contributed by atoms with Crippen LogP contribution in [0.15, 0.2) is 69.6 Å². The monoisotopic (exact) mass is 431 g/mol. The van der Waals surface area contributed by atoms with Crippen molar-refractivity contribution in [1.82, 2.24) is 19.5 Å². The molecule has 0 radical (unpaired) electrons. The molecule has 0 unspecified atom stereocenters. The van der Waals surface area contributed by atoms with E-state index in [4.69, 9.17) is 4.99 Å². The molecular formula is C23H22FN7O. The van der Waals surface area contributed by atoms with Crippen molar-refractivity contribution in [1.29, 1.82) is 0 Å². The molecule has 4 aromatic rings. The van der Waals surface area contributed by atoms with Gasteiger partial charge in [0.15, 0.2) is 11.7 Å². The number of nitrogens with zero attached hydrogens (tertiary/aromatic N) is 5. The van der Waals surface area contributed by atoms with Crippen LogP contribution in [0.4, 0.5) is 10.2 Å². The number of H-pyrrole nitrogens is 1. The molecule has 0 saturated heterocycles. The summed E-state index contributed by atoms with van der Waals surface area (Å²) in [5.41, 5.74) is 0.927. The van der Waals surface area contributed by atoms with Crippen LogP contribution in [0.25, 0.3) is 16.6 Å². The number of fused-ring (bicyclic) bond motifs is 1. The Bertz CT molecular complexity index is 1360. The smallest absolute Gasteiger partial charge is 0.269 e. The van der Waals surface area contributed by atoms with Gasteiger partial charge >= 0.3 is 0 Å². The molecule has 0 aliphatic carbocycles. The molecule has 162 valence electrons. The minimum atomic E-state index is -0.614. The largest absolute Gasteiger partial charge is 0.371 e. The number of rotatable bonds is 6. The SMILES string of the molecule is C=NC(=N[C@@H](CC)c1nc2cccc(F)c2c(=O)n1-c1ccccc1)c1[nH]cnc1NC. The van der Waals surface area contributed by atoms with Crippen molar-refractivity contribution in [3.63, 3.8) is 0 Å². The number of anilines is 1. The molecule has 1 atom stereocenters. The van der Waals surface area contributed by atoms with Gasteiger partial charge in [-0.1, -0.05) is 31.2 Å². The van der Waals surface area contributed by atoms with Gasteiger partial charge in [0.25, 0.3) is 5.56 Å². The summed E-state index contributed by atoms with van der Waals surface area (Å²) < 4.78 is 16.0. The van der Waals surface area contributed by atoms with Gasteiger partial charge in [-0.15, -0.1) is 0 Å². The molecule has 2 aromatic carbocycles. The van der Waals surface area contributed by atoms with E-state index < -0.39 is 17.4 Å². The van der Waals surface area contributed by atoms with Crippen LogP contribution in [0.3, 0.4) is 0 Å². The zero-order chi connectivity index (χ0) is 22.7. The van der Waals surface area contributed by atoms with Crippen molar-refractivity contribution < 1.29 is 4.39 Å². The lowest BCUT2D eigenvalue weighted by atomic mass is 10.1. The van der Waals surface area contributed by atoms with Crippen molar-refractivity contribution in [2.24, 2.45) is 9.98 Å². The second-order valence-electron chi connectivity index (χ2n) is 6.99. The first-order valence-electron chi connectivity index (χ1n) is 10.1. The minimum absolute atomic E-state index is 0.0629. The summed E-state index contributed by atoms with van der Waals surface area (Å²) in [5, 5.41) is 2.91. The topological polar surface area (TPSA) is 100 Å². The molecule has 0 bridgehead atoms. The highest BCUT2D eigenvalue weighted by molar-refractivity contribution is 6.03. The van der Waals surface area contributed by atoms with Crippen molar-refractivity contribution in [2.75, 3.05) is 12.4 Å². The summed E-state index contributed by atoms with van der Waals surface area (Å²) in [4.78, 5) is 34.1. The number of halogens is 1. The molecule has 2 N–H and O–H groups in total. The van der Waals surface area contributed by atoms with E-state index >= 15 is 0 Å². The van der Waals surface area contributed by atoms with E-state index in [0.29, 0.717) is 35.3 Å². The van der Waals surface area contributed by atoms with Gasteiger partial charge in [0.05, 0.1) is 17.5 Å². The molecular weight excluding hydrogens is 409 g/mol. The quantitative estimate of drug-likeness (QED) is 0.357. The number of nitrogens with one attached hydrogen (secondary N) is 2. The third-order valence-corrected chi connectivity index (χ3v) is 5.10. The maximum atomic E-state index is 14.6. The van der Waals surface area contributed by atoms with Gasteiger partial charge in [0, 0.05) is 7.05 Å². The van der Waals surface area contributed by atoms with Crippen molar-refractivity contribution >= 4 is 29.3 Å². The number of aromatic amines is 1. The predicted octanol–water partition coefficient (Wildman–Crippen LogP) is 3.89. The minimum Gasteiger partial charge on any atom is -0.371 e. The average Bonchev–Trinajstić information content (AvgIpc) is 3.29. The second-order valence-corrected chi connectivity index (χ2v) is 6.99. The molecule has 0 amide bonds. The summed E-state index contributed by atoms with van der Waals surface area (Å²) in [5.74, 6) is 0.665. The maximum Gasteiger partial charge on any atom is 0.269 e. The first-order valence-corrected chi connectivity index (χ1v) is 10.1. The fourth-order valence-corrected chi connectivity index (χ4v) is 3.57. The predicted molar refractivity (Wildman–Crippen MR) is 125 cm³/mol. The third kappa shape index (κ3) is 3.68. The van der Waals surface area contributed by atoms with E-state index in [2.05, 4.69) is 32.0 Å². The molecule has 0 fully saturated rings. The normalized spacial score (nSPS) is 12.7. The van der Waals surface area contributed by atoms with E-state index in [1.807, 2.05) is 25.1 Å². The van der Waals surface area contributed by atoms with Crippen LogP contribution >= 0.6 is 0 Å². The molecule has 8 nitrogen and oxygen atoms in total. The maximum absolute atomic E-state index is 14.6. The van der Waals surface area contributed by atoms with Crippen molar-refractivity contribution in [3.05, 3.63) is 82.5 Å². The fourth-order valence-electron chi connectivity index (χ4n) is 3.57. The number of amidine groups is 1. The first kappa shape index (κ1) is 21.1. The van der Waals surface area contributed by atoms with Gasteiger partial charge in [-0.05, 0) is 37.4 Å². The first-order chi connectivity index (χ1) is 15.6. The lowest BCUT2D eigenvalue weighted by molar-refractivity contribution is 0.616. The molecule has 2 aromatic heterocycles. The van der Waals surface area contributed by atoms with Crippen LogP contribution in [-0.4, -0.2) is 39.1 Å². The average molecular weight is 431 g/mol. The standard InChI is InChI=1S/C23H22FN7O/c1-4-16(29-21(26-3)19-20(25-2)28-13-27-19)22-30-17-12-8-11-15(24)18(17)23(32)31(22)14-9-6-5-7-10-14/h5-13,16,25H,3-4H2,1-2H3,(H,27,28)/t16-/m0/s1. The van der Waals surface area contributed by atoms with E-state index in [-0.39, 0.29) is 10.9 Å². The second kappa shape index (κ2) is 8.93. The molecule has 4 rings (SSSR count). The van der Waals surface area contributed by atoms with Crippen LogP contribution < -0.4 is 10.9 Å². The van der Waals surface area contributed by atoms with Gasteiger partial charge in [-0.2, -0.15) is 0 Å². The van der Waals surface area contributed by atoms with Gasteiger partial charge in [-0.3, -0.25) is 14.4 Å². The van der Waals surface area contributed by atoms with Crippen LogP contribution in [0, 0.1) is 5.82 Å². The van der Waals surface area contributed by atoms with Gasteiger partial charge < -0.3 is 10.3 Å². The highest BCUT2D eigenvalue weighted by Crippen LogP contribution is 2.25. The summed E-state index contributed by atoms with van der Waals surface area (Å²) >= 11 is 0. The lowest BCUT2D eigenvalue weighted by Crippen LogP contribution is -2.26. The van der Waals surface area contributed by atoms with Gasteiger partial charge in [0.2, 0.25) is 0 Å². The Hall–Kier alpha value is -4.14. The summed E-state index contributed by atoms with van der Waals surface area (Å²) in [6.07, 6.45) is 2.04. The Kier molecular flexibility index (Phi) is 5.89. The Morgan fingerprint density at radius 1 is 1.25 bits per heavy atom. The number of aliphatic imine (C=N–C) groups is 2. The summed E-state index contributed by atoms with van der Waals surface area (Å²) in [7, 11) is 1.74. The number of benzene rings is 2. The van der Waals surface area contributed by atoms with Crippen molar-refractivity contribution in [3.8, 4) is 5.69 Å². The van der Waals surface area contributed by atoms with Crippen LogP contribution in [0.1, 0.15) is 30.9 Å². The Morgan fingerprint density at radius 2 is 2.03 bits per heavy atom. The van der Waals surface area contributed by atoms with E-state index in [0.717, 1.165) is 0 Å². The van der Waals surface area contributed by atoms with Crippen LogP contribution in [0.5, 0.6) is 0 Å². The number of hydrogen-bond acceptors (Lipinski definition) is 5. The van der Waals surface area contributed by atoms with E-state index in [9.17, 15) is 9.18 Å². The molecule has 0 spiro atoms. The molecule has 0 aliphatic rings. The molecule has 9 heteroatoms. The highest BCUT2D eigenvalue weighted by atomic mass is 19.1. The van der Waals surface area contributed by atoms with Crippen molar-refractivity contribution in [2.45, 2.75) is 19.4 Å². The fraction of sp³-hybridized carbons (Fsp3) is 0.174. The highest BCUT2D eigenvalue weighted by Gasteiger charge is 2.22. The molecule has 2 heterocycles. The Morgan fingerprint density at radius 3 is 2.72 bits per heavy atom. The van der Waals surface area contributed by atoms with Crippen LogP contribution in [0.2, 0.25) is 0 Å². The zero-order valence-corrected chi connectivity index (χ0v) is 17.7. The van der Waals surface area contributed by atoms with E-state index in [1.54, 1.807) is 25.2 Å². The number of hydrogen-bond donors (Lipinski definition) is 2. The molecule has 0 saturated carbocycles. The lowest BCUT2D eigenvalue weighted by Gasteiger charge is -2.18. The van der Waals surface area contributed by atoms with Crippen LogP contribution in [-0.2, 0) is 0 Å². The number of para-hydroxylation sites is 1. The summed E-state index contributed by atoms with van der Waals surface area (Å²) in [6.45, 7) is 5.57. The molecule has 0 aliphatic heterocycles. The number of imidazole rings is 1. The van der Waals surface area contributed by atoms with Gasteiger partial charge in [-0.25, -0.2) is 19.4 Å². The zero-order valence-electron chi connectivity index (χ0n) is 17.7. The third-order valence-electron chi connectivity index (χ3n) is 5.10. The summed E-state index contributed by atoms with van der Waals surface area (Å²) in [6, 6.07) is 12.9. The Labute approximate surface area is 183 Å². The number of aromatic nitrogens is 4. The van der Waals surface area contributed by atoms with E-state index in [1.165, 1.54) is 23.0 Å². The Balaban J connectivity index is 1.99. The van der Waals surface area contributed by atoms with Gasteiger partial charge in [0.1, 0.15) is 28.8 Å². The molecule has 32 heavy (non-hydrogen) atoms.